The number of fused-ring (bicyclic) bond motifs is 1. The molecule has 1 N–H and O–H groups in total. The molecule has 5 rings (SSSR count). The van der Waals surface area contributed by atoms with Crippen LogP contribution < -0.4 is 9.62 Å². The SMILES string of the molecule is O=C(CN(Cc1ccc(F)cc1)S(=O)(=O)c1ccc(Cl)cc1)Nc1ccc2c(c1)N(S(=O)(=O)c1ccc(Cl)cc1)CC2. The number of hydrogen-bond acceptors (Lipinski definition) is 5. The molecule has 0 aliphatic carbocycles. The van der Waals surface area contributed by atoms with Crippen molar-refractivity contribution in [3.63, 3.8) is 0 Å². The summed E-state index contributed by atoms with van der Waals surface area (Å²) in [6.45, 7) is -0.537. The molecule has 0 atom stereocenters. The summed E-state index contributed by atoms with van der Waals surface area (Å²) in [6, 6.07) is 21.6. The molecule has 0 saturated carbocycles. The molecule has 4 aromatic rings. The fourth-order valence-corrected chi connectivity index (χ4v) is 7.68. The van der Waals surface area contributed by atoms with E-state index in [1.165, 1.54) is 77.1 Å². The third kappa shape index (κ3) is 6.45. The van der Waals surface area contributed by atoms with Crippen LogP contribution in [0.3, 0.4) is 0 Å². The molecule has 0 radical (unpaired) electrons. The Hall–Kier alpha value is -3.48. The number of nitrogens with one attached hydrogen (secondary N) is 1. The minimum absolute atomic E-state index is 0.0672. The standard InChI is InChI=1S/C29H24Cl2FN3O5S2/c30-22-4-11-26(12-5-22)41(37,38)34(18-20-1-8-24(32)9-2-20)19-29(36)33-25-10-3-21-15-16-35(28(21)17-25)42(39,40)27-13-6-23(31)7-14-27/h1-14,17H,15-16,18-19H2,(H,33,36). The van der Waals surface area contributed by atoms with Gasteiger partial charge in [0.1, 0.15) is 5.82 Å². The van der Waals surface area contributed by atoms with Gasteiger partial charge in [0.15, 0.2) is 0 Å². The first kappa shape index (κ1) is 30.0. The van der Waals surface area contributed by atoms with Gasteiger partial charge in [-0.1, -0.05) is 41.4 Å². The van der Waals surface area contributed by atoms with Gasteiger partial charge in [-0.3, -0.25) is 9.10 Å². The fraction of sp³-hybridized carbons (Fsp3) is 0.138. The minimum Gasteiger partial charge on any atom is -0.325 e. The molecule has 1 heterocycles. The Balaban J connectivity index is 1.39. The van der Waals surface area contributed by atoms with Crippen molar-refractivity contribution >= 4 is 60.5 Å². The highest BCUT2D eigenvalue weighted by molar-refractivity contribution is 7.92. The van der Waals surface area contributed by atoms with E-state index < -0.39 is 38.3 Å². The Kier molecular flexibility index (Phi) is 8.58. The summed E-state index contributed by atoms with van der Waals surface area (Å²) < 4.78 is 69.4. The molecule has 0 saturated heterocycles. The molecule has 1 aliphatic rings. The monoisotopic (exact) mass is 647 g/mol. The number of amides is 1. The van der Waals surface area contributed by atoms with Crippen molar-refractivity contribution in [2.45, 2.75) is 22.8 Å². The number of nitrogens with zero attached hydrogens (tertiary/aromatic N) is 2. The van der Waals surface area contributed by atoms with Crippen LogP contribution in [0.1, 0.15) is 11.1 Å². The van der Waals surface area contributed by atoms with Gasteiger partial charge in [0.05, 0.1) is 22.0 Å². The highest BCUT2D eigenvalue weighted by Gasteiger charge is 2.32. The molecule has 0 spiro atoms. The van der Waals surface area contributed by atoms with Gasteiger partial charge in [0.25, 0.3) is 10.0 Å². The number of benzene rings is 4. The van der Waals surface area contributed by atoms with Crippen LogP contribution in [0.5, 0.6) is 0 Å². The summed E-state index contributed by atoms with van der Waals surface area (Å²) in [7, 11) is -8.05. The number of anilines is 2. The fourth-order valence-electron chi connectivity index (χ4n) is 4.55. The summed E-state index contributed by atoms with van der Waals surface area (Å²) in [5, 5.41) is 3.44. The molecular weight excluding hydrogens is 624 g/mol. The predicted octanol–water partition coefficient (Wildman–Crippen LogP) is 5.71. The Morgan fingerprint density at radius 2 is 1.43 bits per heavy atom. The van der Waals surface area contributed by atoms with Gasteiger partial charge < -0.3 is 5.32 Å². The molecule has 0 unspecified atom stereocenters. The van der Waals surface area contributed by atoms with Crippen LogP contribution >= 0.6 is 23.2 Å². The molecule has 0 aromatic heterocycles. The van der Waals surface area contributed by atoms with Gasteiger partial charge in [-0.15, -0.1) is 0 Å². The zero-order chi connectivity index (χ0) is 30.1. The van der Waals surface area contributed by atoms with E-state index >= 15 is 0 Å². The topological polar surface area (TPSA) is 104 Å². The largest absolute Gasteiger partial charge is 0.325 e. The van der Waals surface area contributed by atoms with Gasteiger partial charge in [-0.05, 0) is 90.3 Å². The summed E-state index contributed by atoms with van der Waals surface area (Å²) in [5.41, 5.74) is 1.97. The van der Waals surface area contributed by atoms with Crippen molar-refractivity contribution < 1.29 is 26.0 Å². The van der Waals surface area contributed by atoms with Crippen LogP contribution in [0, 0.1) is 5.82 Å². The van der Waals surface area contributed by atoms with Crippen LogP contribution in [0.25, 0.3) is 0 Å². The zero-order valence-electron chi connectivity index (χ0n) is 21.9. The summed E-state index contributed by atoms with van der Waals surface area (Å²) in [4.78, 5) is 13.2. The Morgan fingerprint density at radius 3 is 2.05 bits per heavy atom. The van der Waals surface area contributed by atoms with Gasteiger partial charge in [0.2, 0.25) is 15.9 Å². The average molecular weight is 649 g/mol. The molecule has 1 aliphatic heterocycles. The highest BCUT2D eigenvalue weighted by atomic mass is 35.5. The van der Waals surface area contributed by atoms with Gasteiger partial charge in [-0.2, -0.15) is 4.31 Å². The number of rotatable bonds is 9. The van der Waals surface area contributed by atoms with E-state index in [2.05, 4.69) is 5.32 Å². The van der Waals surface area contributed by atoms with Gasteiger partial charge in [-0.25, -0.2) is 21.2 Å². The molecule has 42 heavy (non-hydrogen) atoms. The Morgan fingerprint density at radius 1 is 0.833 bits per heavy atom. The first-order chi connectivity index (χ1) is 19.9. The lowest BCUT2D eigenvalue weighted by Crippen LogP contribution is -2.37. The number of carbonyl (C=O) groups excluding carboxylic acids is 1. The van der Waals surface area contributed by atoms with Crippen LogP contribution in [-0.2, 0) is 37.8 Å². The highest BCUT2D eigenvalue weighted by Crippen LogP contribution is 2.35. The lowest BCUT2D eigenvalue weighted by atomic mass is 10.1. The second-order valence-corrected chi connectivity index (χ2v) is 14.2. The summed E-state index contributed by atoms with van der Waals surface area (Å²) in [5.74, 6) is -1.13. The third-order valence-corrected chi connectivity index (χ3v) is 10.8. The molecule has 4 aromatic carbocycles. The normalized spacial score (nSPS) is 13.3. The maximum absolute atomic E-state index is 13.5. The molecule has 1 amide bonds. The van der Waals surface area contributed by atoms with E-state index in [0.29, 0.717) is 33.4 Å². The number of sulfonamides is 2. The average Bonchev–Trinajstić information content (AvgIpc) is 3.38. The lowest BCUT2D eigenvalue weighted by Gasteiger charge is -2.23. The van der Waals surface area contributed by atoms with Crippen molar-refractivity contribution in [2.75, 3.05) is 22.7 Å². The van der Waals surface area contributed by atoms with E-state index in [9.17, 15) is 26.0 Å². The van der Waals surface area contributed by atoms with Crippen LogP contribution in [0.2, 0.25) is 10.0 Å². The van der Waals surface area contributed by atoms with Crippen LogP contribution in [-0.4, -0.2) is 40.1 Å². The molecular formula is C29H24Cl2FN3O5S2. The predicted molar refractivity (Wildman–Crippen MR) is 160 cm³/mol. The second kappa shape index (κ2) is 12.0. The smallest absolute Gasteiger partial charge is 0.264 e. The van der Waals surface area contributed by atoms with E-state index in [1.807, 2.05) is 0 Å². The first-order valence-corrected chi connectivity index (χ1v) is 16.3. The Bertz CT molecular complexity index is 1840. The van der Waals surface area contributed by atoms with Crippen LogP contribution in [0.15, 0.2) is 101 Å². The maximum atomic E-state index is 13.5. The van der Waals surface area contributed by atoms with Gasteiger partial charge >= 0.3 is 0 Å². The summed E-state index contributed by atoms with van der Waals surface area (Å²) >= 11 is 11.8. The maximum Gasteiger partial charge on any atom is 0.264 e. The minimum atomic E-state index is -4.16. The number of halogens is 3. The molecule has 13 heteroatoms. The molecule has 218 valence electrons. The van der Waals surface area contributed by atoms with E-state index in [0.717, 1.165) is 9.87 Å². The second-order valence-electron chi connectivity index (χ2n) is 9.53. The summed E-state index contributed by atoms with van der Waals surface area (Å²) in [6.07, 6.45) is 0.487. The molecule has 8 nitrogen and oxygen atoms in total. The quantitative estimate of drug-likeness (QED) is 0.250. The van der Waals surface area contributed by atoms with Crippen LogP contribution in [0.4, 0.5) is 15.8 Å². The van der Waals surface area contributed by atoms with Crippen molar-refractivity contribution in [3.05, 3.63) is 118 Å². The lowest BCUT2D eigenvalue weighted by molar-refractivity contribution is -0.116. The third-order valence-electron chi connectivity index (χ3n) is 6.67. The van der Waals surface area contributed by atoms with Crippen molar-refractivity contribution in [1.82, 2.24) is 4.31 Å². The first-order valence-electron chi connectivity index (χ1n) is 12.6. The van der Waals surface area contributed by atoms with E-state index in [-0.39, 0.29) is 22.9 Å². The number of hydrogen-bond donors (Lipinski definition) is 1. The van der Waals surface area contributed by atoms with Crippen molar-refractivity contribution in [2.24, 2.45) is 0 Å². The Labute approximate surface area is 253 Å². The van der Waals surface area contributed by atoms with Gasteiger partial charge in [0, 0.05) is 28.8 Å². The van der Waals surface area contributed by atoms with Crippen molar-refractivity contribution in [3.8, 4) is 0 Å². The van der Waals surface area contributed by atoms with Crippen molar-refractivity contribution in [1.29, 1.82) is 0 Å². The molecule has 0 fully saturated rings. The number of carbonyl (C=O) groups is 1. The van der Waals surface area contributed by atoms with E-state index in [1.54, 1.807) is 18.2 Å². The molecule has 0 bridgehead atoms. The zero-order valence-corrected chi connectivity index (χ0v) is 25.0. The van der Waals surface area contributed by atoms with E-state index in [4.69, 9.17) is 23.2 Å².